The summed E-state index contributed by atoms with van der Waals surface area (Å²) >= 11 is 1.54. The van der Waals surface area contributed by atoms with E-state index in [-0.39, 0.29) is 11.8 Å². The number of hydrogen-bond acceptors (Lipinski definition) is 8. The molecule has 0 saturated carbocycles. The van der Waals surface area contributed by atoms with Crippen LogP contribution in [-0.4, -0.2) is 81.2 Å². The molecule has 0 spiro atoms. The Morgan fingerprint density at radius 1 is 0.844 bits per heavy atom. The summed E-state index contributed by atoms with van der Waals surface area (Å²) in [7, 11) is 0. The van der Waals surface area contributed by atoms with E-state index >= 15 is 0 Å². The van der Waals surface area contributed by atoms with Crippen LogP contribution >= 0.6 is 11.8 Å². The summed E-state index contributed by atoms with van der Waals surface area (Å²) in [5.41, 5.74) is 17.0. The van der Waals surface area contributed by atoms with Gasteiger partial charge in [-0.15, -0.1) is 0 Å². The number of rotatable bonds is 23. The second-order valence-electron chi connectivity index (χ2n) is 7.77. The van der Waals surface area contributed by atoms with Crippen molar-refractivity contribution < 1.29 is 9.59 Å². The molecule has 10 N–H and O–H groups in total. The summed E-state index contributed by atoms with van der Waals surface area (Å²) in [5, 5.41) is 12.5. The summed E-state index contributed by atoms with van der Waals surface area (Å²) in [6.07, 6.45) is 8.01. The topological polar surface area (TPSA) is 160 Å². The van der Waals surface area contributed by atoms with Crippen LogP contribution in [0.25, 0.3) is 0 Å². The molecule has 2 atom stereocenters. The van der Waals surface area contributed by atoms with Gasteiger partial charge in [0.05, 0.1) is 6.04 Å². The van der Waals surface area contributed by atoms with E-state index in [1.165, 1.54) is 0 Å². The molecular weight excluding hydrogens is 426 g/mol. The first kappa shape index (κ1) is 31.1. The van der Waals surface area contributed by atoms with Crippen molar-refractivity contribution in [3.8, 4) is 0 Å². The van der Waals surface area contributed by atoms with E-state index in [0.29, 0.717) is 25.3 Å². The normalized spacial score (nSPS) is 13.0. The van der Waals surface area contributed by atoms with Crippen LogP contribution in [0.1, 0.15) is 44.9 Å². The minimum Gasteiger partial charge on any atom is -0.354 e. The number of amides is 2. The highest BCUT2D eigenvalue weighted by molar-refractivity contribution is 7.99. The fourth-order valence-corrected chi connectivity index (χ4v) is 3.63. The molecule has 9 nitrogen and oxygen atoms in total. The number of unbranched alkanes of at least 4 members (excludes halogenated alkanes) is 2. The molecule has 32 heavy (non-hydrogen) atoms. The number of thioether (sulfide) groups is 1. The van der Waals surface area contributed by atoms with E-state index in [1.807, 2.05) is 0 Å². The van der Waals surface area contributed by atoms with Crippen molar-refractivity contribution in [3.63, 3.8) is 0 Å². The van der Waals surface area contributed by atoms with Crippen molar-refractivity contribution in [2.75, 3.05) is 57.3 Å². The van der Waals surface area contributed by atoms with Gasteiger partial charge in [0.1, 0.15) is 6.04 Å². The van der Waals surface area contributed by atoms with E-state index in [1.54, 1.807) is 18.2 Å². The molecule has 0 rings (SSSR count). The predicted octanol–water partition coefficient (Wildman–Crippen LogP) is -0.486. The van der Waals surface area contributed by atoms with Gasteiger partial charge in [0.15, 0.2) is 0 Å². The van der Waals surface area contributed by atoms with Crippen molar-refractivity contribution in [1.82, 2.24) is 21.3 Å². The van der Waals surface area contributed by atoms with E-state index in [2.05, 4.69) is 28.2 Å². The minimum atomic E-state index is -0.648. The average Bonchev–Trinajstić information content (AvgIpc) is 2.79. The van der Waals surface area contributed by atoms with Gasteiger partial charge in [0, 0.05) is 12.3 Å². The third kappa shape index (κ3) is 18.6. The predicted molar refractivity (Wildman–Crippen MR) is 136 cm³/mol. The van der Waals surface area contributed by atoms with E-state index in [0.717, 1.165) is 77.0 Å². The molecule has 0 fully saturated rings. The van der Waals surface area contributed by atoms with Crippen LogP contribution in [0.4, 0.5) is 0 Å². The van der Waals surface area contributed by atoms with Gasteiger partial charge in [-0.05, 0) is 103 Å². The zero-order valence-corrected chi connectivity index (χ0v) is 20.5. The van der Waals surface area contributed by atoms with Gasteiger partial charge >= 0.3 is 0 Å². The van der Waals surface area contributed by atoms with Gasteiger partial charge in [-0.2, -0.15) is 11.8 Å². The number of nitrogens with one attached hydrogen (secondary N) is 4. The molecule has 2 amide bonds. The van der Waals surface area contributed by atoms with Gasteiger partial charge in [-0.25, -0.2) is 0 Å². The molecule has 0 aliphatic rings. The van der Waals surface area contributed by atoms with Crippen LogP contribution in [0.2, 0.25) is 0 Å². The zero-order valence-electron chi connectivity index (χ0n) is 19.7. The van der Waals surface area contributed by atoms with Crippen LogP contribution in [0.15, 0.2) is 0 Å². The van der Waals surface area contributed by atoms with Crippen LogP contribution in [-0.2, 0) is 9.59 Å². The average molecular weight is 474 g/mol. The maximum atomic E-state index is 12.6. The Morgan fingerprint density at radius 2 is 1.47 bits per heavy atom. The SMILES string of the molecule is [CH2][CH]CSC[C@H](N)C(=O)N[C@@H](CCCCN)C(=O)NCCCNCCCCNCCCN. The summed E-state index contributed by atoms with van der Waals surface area (Å²) in [5.74, 6) is 0.768. The van der Waals surface area contributed by atoms with Crippen molar-refractivity contribution in [2.45, 2.75) is 57.0 Å². The lowest BCUT2D eigenvalue weighted by Gasteiger charge is -2.20. The maximum Gasteiger partial charge on any atom is 0.242 e. The molecule has 0 saturated heterocycles. The molecule has 2 radical (unpaired) electrons. The molecule has 0 aromatic heterocycles. The third-order valence-corrected chi connectivity index (χ3v) is 5.86. The molecule has 188 valence electrons. The number of carbonyl (C=O) groups excluding carboxylic acids is 2. The van der Waals surface area contributed by atoms with Crippen LogP contribution in [0.5, 0.6) is 0 Å². The lowest BCUT2D eigenvalue weighted by molar-refractivity contribution is -0.129. The first-order valence-corrected chi connectivity index (χ1v) is 13.1. The Bertz CT molecular complexity index is 458. The van der Waals surface area contributed by atoms with Crippen molar-refractivity contribution >= 4 is 23.6 Å². The highest BCUT2D eigenvalue weighted by Crippen LogP contribution is 2.05. The lowest BCUT2D eigenvalue weighted by atomic mass is 10.1. The lowest BCUT2D eigenvalue weighted by Crippen LogP contribution is -2.52. The molecular formula is C22H47N7O2S. The molecule has 0 aromatic carbocycles. The Kier molecular flexibility index (Phi) is 22.6. The second kappa shape index (κ2) is 23.3. The summed E-state index contributed by atoms with van der Waals surface area (Å²) in [4.78, 5) is 24.9. The van der Waals surface area contributed by atoms with Gasteiger partial charge in [-0.3, -0.25) is 9.59 Å². The summed E-state index contributed by atoms with van der Waals surface area (Å²) in [6.45, 7) is 9.33. The Balaban J connectivity index is 4.05. The van der Waals surface area contributed by atoms with E-state index in [9.17, 15) is 9.59 Å². The molecule has 0 heterocycles. The second-order valence-corrected chi connectivity index (χ2v) is 8.85. The highest BCUT2D eigenvalue weighted by atomic mass is 32.2. The molecule has 0 aliphatic heterocycles. The largest absolute Gasteiger partial charge is 0.354 e. The monoisotopic (exact) mass is 473 g/mol. The Hall–Kier alpha value is -0.910. The Morgan fingerprint density at radius 3 is 2.09 bits per heavy atom. The number of nitrogens with two attached hydrogens (primary N) is 3. The molecule has 0 aliphatic carbocycles. The highest BCUT2D eigenvalue weighted by Gasteiger charge is 2.23. The van der Waals surface area contributed by atoms with Gasteiger partial charge in [0.2, 0.25) is 11.8 Å². The van der Waals surface area contributed by atoms with Crippen LogP contribution in [0.3, 0.4) is 0 Å². The smallest absolute Gasteiger partial charge is 0.242 e. The molecule has 0 bridgehead atoms. The molecule has 10 heteroatoms. The fraction of sp³-hybridized carbons (Fsp3) is 0.818. The number of hydrogen-bond donors (Lipinski definition) is 7. The minimum absolute atomic E-state index is 0.162. The van der Waals surface area contributed by atoms with Gasteiger partial charge in [0.25, 0.3) is 0 Å². The fourth-order valence-electron chi connectivity index (χ4n) is 2.92. The summed E-state index contributed by atoms with van der Waals surface area (Å²) in [6, 6.07) is -1.23. The first-order chi connectivity index (χ1) is 15.6. The quantitative estimate of drug-likeness (QED) is 0.0979. The van der Waals surface area contributed by atoms with Crippen molar-refractivity contribution in [3.05, 3.63) is 13.3 Å². The van der Waals surface area contributed by atoms with Crippen molar-refractivity contribution in [2.24, 2.45) is 17.2 Å². The standard InChI is InChI=1S/C22H47N7O2S/c1-2-17-32-18-19(25)21(30)29-20(9-3-4-10-23)22(31)28-16-8-15-27-13-6-5-12-26-14-7-11-24/h2,19-20,26-27H,1,3-18,23-25H2,(H,28,31)(H,29,30)/t19-,20-/m0/s1. The third-order valence-electron chi connectivity index (χ3n) is 4.79. The van der Waals surface area contributed by atoms with Gasteiger partial charge < -0.3 is 38.5 Å². The molecule has 0 aromatic rings. The van der Waals surface area contributed by atoms with Crippen molar-refractivity contribution in [1.29, 1.82) is 0 Å². The van der Waals surface area contributed by atoms with Crippen LogP contribution in [0, 0.1) is 13.3 Å². The van der Waals surface area contributed by atoms with Crippen LogP contribution < -0.4 is 38.5 Å². The van der Waals surface area contributed by atoms with E-state index in [4.69, 9.17) is 17.2 Å². The molecule has 0 unspecified atom stereocenters. The number of carbonyl (C=O) groups is 2. The summed E-state index contributed by atoms with van der Waals surface area (Å²) < 4.78 is 0. The maximum absolute atomic E-state index is 12.6. The Labute approximate surface area is 199 Å². The first-order valence-electron chi connectivity index (χ1n) is 11.9. The van der Waals surface area contributed by atoms with E-state index < -0.39 is 12.1 Å². The van der Waals surface area contributed by atoms with Gasteiger partial charge in [-0.1, -0.05) is 0 Å². The zero-order chi connectivity index (χ0) is 23.9.